The number of fused-ring (bicyclic) bond motifs is 10. The molecule has 0 atom stereocenters. The van der Waals surface area contributed by atoms with Crippen molar-refractivity contribution in [3.63, 3.8) is 0 Å². The third kappa shape index (κ3) is 6.26. The van der Waals surface area contributed by atoms with Crippen molar-refractivity contribution in [2.75, 3.05) is 0 Å². The smallest absolute Gasteiger partial charge is 0.261 e. The van der Waals surface area contributed by atoms with Crippen molar-refractivity contribution in [1.29, 1.82) is 0 Å². The van der Waals surface area contributed by atoms with Crippen molar-refractivity contribution >= 4 is 129 Å². The van der Waals surface area contributed by atoms with Crippen LogP contribution >= 0.6 is 0 Å². The lowest BCUT2D eigenvalue weighted by Crippen LogP contribution is -2.37. The van der Waals surface area contributed by atoms with E-state index >= 15 is 19.2 Å². The van der Waals surface area contributed by atoms with Crippen LogP contribution in [0.15, 0.2) is 116 Å². The Hall–Kier alpha value is -6.92. The van der Waals surface area contributed by atoms with Crippen LogP contribution in [0.5, 0.6) is 0 Å². The summed E-state index contributed by atoms with van der Waals surface area (Å²) in [5, 5.41) is 21.9. The second-order valence-electron chi connectivity index (χ2n) is 21.6. The molecule has 0 aliphatic carbocycles. The summed E-state index contributed by atoms with van der Waals surface area (Å²) in [4.78, 5) is 62.9. The lowest BCUT2D eigenvalue weighted by Gasteiger charge is -2.27. The van der Waals surface area contributed by atoms with Gasteiger partial charge in [-0.15, -0.1) is 0 Å². The van der Waals surface area contributed by atoms with Gasteiger partial charge in [-0.3, -0.25) is 28.3 Å². The molecule has 0 saturated heterocycles. The Morgan fingerprint density at radius 2 is 0.611 bits per heavy atom. The van der Waals surface area contributed by atoms with Crippen molar-refractivity contribution in [3.05, 3.63) is 138 Å². The summed E-state index contributed by atoms with van der Waals surface area (Å²) in [6.45, 7) is 8.81. The average molecular weight is 947 g/mol. The minimum Gasteiger partial charge on any atom is -0.271 e. The molecule has 6 heteroatoms. The molecule has 13 rings (SSSR count). The van der Waals surface area contributed by atoms with Crippen LogP contribution in [0.1, 0.15) is 143 Å². The van der Waals surface area contributed by atoms with Crippen molar-refractivity contribution in [2.45, 2.75) is 143 Å². The van der Waals surface area contributed by atoms with E-state index in [2.05, 4.69) is 125 Å². The maximum Gasteiger partial charge on any atom is 0.261 e. The predicted molar refractivity (Wildman–Crippen MR) is 308 cm³/mol. The number of hydrogen-bond donors (Lipinski definition) is 0. The fourth-order valence-corrected chi connectivity index (χ4v) is 14.1. The van der Waals surface area contributed by atoms with Gasteiger partial charge in [0, 0.05) is 55.2 Å². The number of benzene rings is 11. The van der Waals surface area contributed by atoms with E-state index in [1.54, 1.807) is 9.13 Å². The van der Waals surface area contributed by atoms with Crippen LogP contribution < -0.4 is 22.2 Å². The second kappa shape index (κ2) is 17.4. The van der Waals surface area contributed by atoms with E-state index < -0.39 is 0 Å². The highest BCUT2D eigenvalue weighted by Gasteiger charge is 2.32. The van der Waals surface area contributed by atoms with Gasteiger partial charge >= 0.3 is 0 Å². The molecule has 2 aromatic heterocycles. The van der Waals surface area contributed by atoms with Crippen LogP contribution in [-0.4, -0.2) is 9.13 Å². The molecule has 6 nitrogen and oxygen atoms in total. The van der Waals surface area contributed by atoms with Gasteiger partial charge in [0.25, 0.3) is 22.2 Å². The zero-order valence-electron chi connectivity index (χ0n) is 42.2. The molecular formula is C66H62N2O4. The minimum atomic E-state index is -0.210. The highest BCUT2D eigenvalue weighted by molar-refractivity contribution is 6.55. The number of rotatable bonds is 18. The normalized spacial score (nSPS) is 13.0. The highest BCUT2D eigenvalue weighted by Crippen LogP contribution is 2.56. The molecule has 0 amide bonds. The first-order chi connectivity index (χ1) is 35.3. The fourth-order valence-electron chi connectivity index (χ4n) is 14.1. The van der Waals surface area contributed by atoms with E-state index in [1.807, 2.05) is 0 Å². The van der Waals surface area contributed by atoms with E-state index in [0.29, 0.717) is 21.5 Å². The molecule has 0 aliphatic heterocycles. The first-order valence-electron chi connectivity index (χ1n) is 27.5. The van der Waals surface area contributed by atoms with Crippen LogP contribution in [0, 0.1) is 0 Å². The molecule has 72 heavy (non-hydrogen) atoms. The lowest BCUT2D eigenvalue weighted by atomic mass is 9.76. The summed E-state index contributed by atoms with van der Waals surface area (Å²) in [6.07, 6.45) is 15.4. The van der Waals surface area contributed by atoms with Crippen LogP contribution in [-0.2, 0) is 0 Å². The van der Waals surface area contributed by atoms with Crippen LogP contribution in [0.2, 0.25) is 0 Å². The Morgan fingerprint density at radius 3 is 0.958 bits per heavy atom. The van der Waals surface area contributed by atoms with Crippen molar-refractivity contribution in [2.24, 2.45) is 0 Å². The SMILES string of the molecule is CCCCCC(CCCCC)n1c(=O)c2cc3c4ccc5ccccc5c4c4cc5c(=O)n(C(CCCCC)CCCCC)c(=O)c6cc7c8ccc9ccccc9c8c8cc(c1=O)c2c1c3c4c(c65)c7c81. The zero-order chi connectivity index (χ0) is 49.1. The van der Waals surface area contributed by atoms with Crippen LogP contribution in [0.25, 0.3) is 129 Å². The van der Waals surface area contributed by atoms with Crippen LogP contribution in [0.4, 0.5) is 0 Å². The molecule has 11 aromatic carbocycles. The van der Waals surface area contributed by atoms with Gasteiger partial charge in [-0.2, -0.15) is 0 Å². The molecule has 0 fully saturated rings. The summed E-state index contributed by atoms with van der Waals surface area (Å²) >= 11 is 0. The Morgan fingerprint density at radius 1 is 0.292 bits per heavy atom. The molecular weight excluding hydrogens is 885 g/mol. The number of hydrogen-bond acceptors (Lipinski definition) is 4. The number of pyridine rings is 2. The van der Waals surface area contributed by atoms with E-state index in [-0.39, 0.29) is 34.3 Å². The van der Waals surface area contributed by atoms with E-state index in [4.69, 9.17) is 0 Å². The number of nitrogens with zero attached hydrogens (tertiary/aromatic N) is 2. The van der Waals surface area contributed by atoms with Gasteiger partial charge in [-0.05, 0) is 136 Å². The van der Waals surface area contributed by atoms with Gasteiger partial charge in [0.2, 0.25) is 0 Å². The van der Waals surface area contributed by atoms with Crippen molar-refractivity contribution < 1.29 is 0 Å². The van der Waals surface area contributed by atoms with Crippen LogP contribution in [0.3, 0.4) is 0 Å². The summed E-state index contributed by atoms with van der Waals surface area (Å²) in [5.41, 5.74) is -0.822. The van der Waals surface area contributed by atoms with E-state index in [9.17, 15) is 0 Å². The molecule has 0 bridgehead atoms. The topological polar surface area (TPSA) is 78.1 Å². The summed E-state index contributed by atoms with van der Waals surface area (Å²) in [5.74, 6) is 0. The van der Waals surface area contributed by atoms with Crippen molar-refractivity contribution in [3.8, 4) is 0 Å². The molecule has 0 aliphatic rings. The molecule has 2 heterocycles. The van der Waals surface area contributed by atoms with Crippen molar-refractivity contribution in [1.82, 2.24) is 9.13 Å². The second-order valence-corrected chi connectivity index (χ2v) is 21.6. The predicted octanol–water partition coefficient (Wildman–Crippen LogP) is 17.2. The molecule has 360 valence electrons. The molecule has 0 unspecified atom stereocenters. The Labute approximate surface area is 417 Å². The largest absolute Gasteiger partial charge is 0.271 e. The molecule has 0 N–H and O–H groups in total. The quantitative estimate of drug-likeness (QED) is 0.0488. The van der Waals surface area contributed by atoms with E-state index in [1.165, 1.54) is 0 Å². The molecule has 0 spiro atoms. The average Bonchev–Trinajstić information content (AvgIpc) is 3.40. The first kappa shape index (κ1) is 45.0. The monoisotopic (exact) mass is 946 g/mol. The zero-order valence-corrected chi connectivity index (χ0v) is 42.2. The molecule has 13 aromatic rings. The van der Waals surface area contributed by atoms with Gasteiger partial charge in [-0.25, -0.2) is 0 Å². The first-order valence-corrected chi connectivity index (χ1v) is 27.5. The standard InChI is InChI=1S/C66H62N2O4/c1-5-9-13-23-39(24-14-10-6-2)67-63(69)49-33-45-43-31-29-38-22-18-20-28-42(38)54(43)48-36-52-56-50(64(70)68(66(52)72)40(25-15-11-7-3)26-16-12-8-4)34-46-44-32-30-37-21-17-19-27-41(37)53(44)47-35-51(65(67)71)55(49)61-57(45)60(48)62(56)58(46)59(47)61/h17-22,27-36,39-40H,5-16,23-26H2,1-4H3. The Balaban J connectivity index is 1.31. The minimum absolute atomic E-state index is 0.206. The third-order valence-corrected chi connectivity index (χ3v) is 17.4. The summed E-state index contributed by atoms with van der Waals surface area (Å²) in [7, 11) is 0. The maximum absolute atomic E-state index is 15.7. The fraction of sp³-hybridized carbons (Fsp3) is 0.333. The third-order valence-electron chi connectivity index (χ3n) is 17.4. The molecule has 0 radical (unpaired) electrons. The van der Waals surface area contributed by atoms with Gasteiger partial charge in [0.15, 0.2) is 0 Å². The molecule has 0 saturated carbocycles. The van der Waals surface area contributed by atoms with E-state index in [0.717, 1.165) is 210 Å². The Bertz CT molecular complexity index is 4200. The Kier molecular flexibility index (Phi) is 10.9. The number of aromatic nitrogens is 2. The van der Waals surface area contributed by atoms with Gasteiger partial charge < -0.3 is 0 Å². The lowest BCUT2D eigenvalue weighted by molar-refractivity contribution is 0.387. The number of unbranched alkanes of at least 4 members (excludes halogenated alkanes) is 8. The van der Waals surface area contributed by atoms with Gasteiger partial charge in [0.1, 0.15) is 0 Å². The summed E-state index contributed by atoms with van der Waals surface area (Å²) in [6, 6.07) is 33.8. The van der Waals surface area contributed by atoms with Gasteiger partial charge in [-0.1, -0.05) is 178 Å². The maximum atomic E-state index is 15.7. The summed E-state index contributed by atoms with van der Waals surface area (Å²) < 4.78 is 3.33. The van der Waals surface area contributed by atoms with Gasteiger partial charge in [0.05, 0.1) is 0 Å². The highest BCUT2D eigenvalue weighted by atomic mass is 16.2.